The highest BCUT2D eigenvalue weighted by Gasteiger charge is 2.15. The first-order valence-corrected chi connectivity index (χ1v) is 18.6. The van der Waals surface area contributed by atoms with Crippen molar-refractivity contribution in [2.24, 2.45) is 53.3 Å². The minimum atomic E-state index is 0.797. The van der Waals surface area contributed by atoms with Crippen LogP contribution in [0.4, 0.5) is 0 Å². The number of aromatic nitrogens is 1. The SMILES string of the molecule is CC(C)CC(CC(C)C)CN(C)C.CC(C)CC(Cc1ccccc1)CC(C)C.CC(C)CC(Cc1ccncc1)CC(C)C. The molecule has 2 heteroatoms. The van der Waals surface area contributed by atoms with Gasteiger partial charge < -0.3 is 4.90 Å². The summed E-state index contributed by atoms with van der Waals surface area (Å²) < 4.78 is 0. The summed E-state index contributed by atoms with van der Waals surface area (Å²) in [6.45, 7) is 29.1. The largest absolute Gasteiger partial charge is 0.309 e. The molecular formula is C43H78N2. The zero-order chi connectivity index (χ0) is 34.4. The second kappa shape index (κ2) is 25.4. The molecule has 0 atom stereocenters. The Morgan fingerprint density at radius 1 is 0.444 bits per heavy atom. The van der Waals surface area contributed by atoms with E-state index in [1.807, 2.05) is 12.4 Å². The molecule has 260 valence electrons. The fourth-order valence-electron chi connectivity index (χ4n) is 7.09. The lowest BCUT2D eigenvalue weighted by Gasteiger charge is -2.24. The van der Waals surface area contributed by atoms with Crippen LogP contribution >= 0.6 is 0 Å². The van der Waals surface area contributed by atoms with E-state index in [1.165, 1.54) is 69.0 Å². The Morgan fingerprint density at radius 2 is 0.756 bits per heavy atom. The van der Waals surface area contributed by atoms with Gasteiger partial charge in [-0.15, -0.1) is 0 Å². The fourth-order valence-corrected chi connectivity index (χ4v) is 7.09. The van der Waals surface area contributed by atoms with Crippen LogP contribution in [-0.2, 0) is 12.8 Å². The van der Waals surface area contributed by atoms with E-state index in [-0.39, 0.29) is 0 Å². The molecule has 0 unspecified atom stereocenters. The number of benzene rings is 1. The van der Waals surface area contributed by atoms with Gasteiger partial charge in [0.25, 0.3) is 0 Å². The topological polar surface area (TPSA) is 16.1 Å². The van der Waals surface area contributed by atoms with Crippen molar-refractivity contribution >= 4 is 0 Å². The minimum absolute atomic E-state index is 0.797. The van der Waals surface area contributed by atoms with Crippen LogP contribution in [0.5, 0.6) is 0 Å². The number of pyridine rings is 1. The van der Waals surface area contributed by atoms with E-state index in [0.717, 1.165) is 53.3 Å². The predicted octanol–water partition coefficient (Wildman–Crippen LogP) is 12.5. The Labute approximate surface area is 283 Å². The van der Waals surface area contributed by atoms with Gasteiger partial charge in [-0.2, -0.15) is 0 Å². The second-order valence-corrected chi connectivity index (χ2v) is 16.9. The first-order chi connectivity index (χ1) is 21.1. The van der Waals surface area contributed by atoms with Gasteiger partial charge >= 0.3 is 0 Å². The highest BCUT2D eigenvalue weighted by atomic mass is 15.1. The molecule has 0 aliphatic rings. The van der Waals surface area contributed by atoms with Gasteiger partial charge in [0.15, 0.2) is 0 Å². The maximum absolute atomic E-state index is 4.07. The molecule has 2 rings (SSSR count). The van der Waals surface area contributed by atoms with E-state index >= 15 is 0 Å². The van der Waals surface area contributed by atoms with E-state index in [9.17, 15) is 0 Å². The molecule has 0 saturated carbocycles. The third kappa shape index (κ3) is 27.2. The number of nitrogens with zero attached hydrogens (tertiary/aromatic N) is 2. The Hall–Kier alpha value is -1.67. The molecule has 45 heavy (non-hydrogen) atoms. The number of rotatable bonds is 18. The van der Waals surface area contributed by atoms with E-state index in [4.69, 9.17) is 0 Å². The average molecular weight is 623 g/mol. The summed E-state index contributed by atoms with van der Waals surface area (Å²) in [5.74, 6) is 7.45. The van der Waals surface area contributed by atoms with Gasteiger partial charge in [0.1, 0.15) is 0 Å². The maximum atomic E-state index is 4.07. The smallest absolute Gasteiger partial charge is 0.0270 e. The molecule has 0 fully saturated rings. The van der Waals surface area contributed by atoms with Crippen LogP contribution in [0.3, 0.4) is 0 Å². The van der Waals surface area contributed by atoms with Crippen LogP contribution in [0.2, 0.25) is 0 Å². The van der Waals surface area contributed by atoms with E-state index in [1.54, 1.807) is 0 Å². The third-order valence-electron chi connectivity index (χ3n) is 8.09. The van der Waals surface area contributed by atoms with Crippen molar-refractivity contribution in [2.45, 2.75) is 134 Å². The molecule has 0 aliphatic heterocycles. The van der Waals surface area contributed by atoms with Crippen molar-refractivity contribution in [1.82, 2.24) is 9.88 Å². The van der Waals surface area contributed by atoms with E-state index in [2.05, 4.69) is 150 Å². The lowest BCUT2D eigenvalue weighted by Crippen LogP contribution is -2.24. The highest BCUT2D eigenvalue weighted by molar-refractivity contribution is 5.15. The monoisotopic (exact) mass is 623 g/mol. The van der Waals surface area contributed by atoms with Gasteiger partial charge in [0.2, 0.25) is 0 Å². The molecule has 2 aromatic rings. The van der Waals surface area contributed by atoms with Crippen LogP contribution in [0.15, 0.2) is 54.9 Å². The standard InChI is InChI=1S/C16H26.C15H25N.C12H27N/c1-13(2)10-16(11-14(3)4)12-15-8-6-5-7-9-15;1-12(2)9-15(10-13(3)4)11-14-5-7-16-8-6-14;1-10(2)7-12(8-11(3)4)9-13(5)6/h5-9,13-14,16H,10-12H2,1-4H3;5-8,12-13,15H,9-11H2,1-4H3;10-12H,7-9H2,1-6H3. The molecule has 0 aliphatic carbocycles. The summed E-state index contributed by atoms with van der Waals surface area (Å²) in [5.41, 5.74) is 2.93. The number of hydrogen-bond acceptors (Lipinski definition) is 2. The lowest BCUT2D eigenvalue weighted by molar-refractivity contribution is 0.256. The molecule has 1 aromatic heterocycles. The van der Waals surface area contributed by atoms with Crippen molar-refractivity contribution in [3.63, 3.8) is 0 Å². The summed E-state index contributed by atoms with van der Waals surface area (Å²) in [7, 11) is 4.35. The normalized spacial score (nSPS) is 11.9. The quantitative estimate of drug-likeness (QED) is 0.164. The molecular weight excluding hydrogens is 544 g/mol. The first-order valence-electron chi connectivity index (χ1n) is 18.6. The zero-order valence-corrected chi connectivity index (χ0v) is 32.7. The molecule has 0 amide bonds. The molecule has 0 bridgehead atoms. The molecule has 0 spiro atoms. The van der Waals surface area contributed by atoms with Gasteiger partial charge in [-0.25, -0.2) is 0 Å². The molecule has 0 N–H and O–H groups in total. The van der Waals surface area contributed by atoms with Crippen LogP contribution in [-0.4, -0.2) is 30.5 Å². The molecule has 1 aromatic carbocycles. The van der Waals surface area contributed by atoms with Crippen molar-refractivity contribution < 1.29 is 0 Å². The molecule has 1 heterocycles. The van der Waals surface area contributed by atoms with Crippen LogP contribution in [0.1, 0.15) is 133 Å². The molecule has 0 radical (unpaired) electrons. The Balaban J connectivity index is 0.000000651. The Kier molecular flexibility index (Phi) is 24.5. The summed E-state index contributed by atoms with van der Waals surface area (Å²) in [5, 5.41) is 0. The van der Waals surface area contributed by atoms with Crippen molar-refractivity contribution in [1.29, 1.82) is 0 Å². The summed E-state index contributed by atoms with van der Waals surface area (Å²) in [6.07, 6.45) is 14.4. The summed E-state index contributed by atoms with van der Waals surface area (Å²) in [6, 6.07) is 15.2. The zero-order valence-electron chi connectivity index (χ0n) is 32.7. The van der Waals surface area contributed by atoms with Crippen molar-refractivity contribution in [3.8, 4) is 0 Å². The Morgan fingerprint density at radius 3 is 1.07 bits per heavy atom. The van der Waals surface area contributed by atoms with Crippen LogP contribution in [0.25, 0.3) is 0 Å². The fraction of sp³-hybridized carbons (Fsp3) is 0.744. The molecule has 0 saturated heterocycles. The Bertz CT molecular complexity index is 793. The number of hydrogen-bond donors (Lipinski definition) is 0. The van der Waals surface area contributed by atoms with E-state index < -0.39 is 0 Å². The predicted molar refractivity (Wildman–Crippen MR) is 204 cm³/mol. The summed E-state index contributed by atoms with van der Waals surface area (Å²) >= 11 is 0. The summed E-state index contributed by atoms with van der Waals surface area (Å²) in [4.78, 5) is 6.39. The highest BCUT2D eigenvalue weighted by Crippen LogP contribution is 2.25. The maximum Gasteiger partial charge on any atom is 0.0270 e. The van der Waals surface area contributed by atoms with Crippen molar-refractivity contribution in [2.75, 3.05) is 20.6 Å². The minimum Gasteiger partial charge on any atom is -0.309 e. The van der Waals surface area contributed by atoms with Crippen molar-refractivity contribution in [3.05, 3.63) is 66.0 Å². The van der Waals surface area contributed by atoms with Gasteiger partial charge in [-0.05, 0) is 142 Å². The van der Waals surface area contributed by atoms with Crippen LogP contribution < -0.4 is 0 Å². The van der Waals surface area contributed by atoms with Gasteiger partial charge in [-0.3, -0.25) is 4.98 Å². The van der Waals surface area contributed by atoms with Gasteiger partial charge in [0, 0.05) is 18.9 Å². The first kappa shape index (κ1) is 43.3. The lowest BCUT2D eigenvalue weighted by atomic mass is 9.85. The third-order valence-corrected chi connectivity index (χ3v) is 8.09. The van der Waals surface area contributed by atoms with Gasteiger partial charge in [-0.1, -0.05) is 113 Å². The molecule has 2 nitrogen and oxygen atoms in total. The average Bonchev–Trinajstić information content (AvgIpc) is 2.88. The van der Waals surface area contributed by atoms with Crippen LogP contribution in [0, 0.1) is 53.3 Å². The van der Waals surface area contributed by atoms with E-state index in [0.29, 0.717) is 0 Å². The van der Waals surface area contributed by atoms with Gasteiger partial charge in [0.05, 0.1) is 0 Å². The second-order valence-electron chi connectivity index (χ2n) is 16.9.